The zero-order chi connectivity index (χ0) is 24.2. The molecule has 1 aliphatic heterocycles. The van der Waals surface area contributed by atoms with Crippen molar-refractivity contribution in [3.8, 4) is 28.7 Å². The molecule has 0 saturated carbocycles. The number of H-pyrrole nitrogens is 1. The quantitative estimate of drug-likeness (QED) is 0.378. The van der Waals surface area contributed by atoms with E-state index in [0.717, 1.165) is 52.9 Å². The smallest absolute Gasteiger partial charge is 0.336 e. The molecule has 3 N–H and O–H groups in total. The van der Waals surface area contributed by atoms with Crippen LogP contribution in [-0.4, -0.2) is 49.0 Å². The zero-order valence-corrected chi connectivity index (χ0v) is 19.4. The first-order valence-electron chi connectivity index (χ1n) is 11.6. The molecule has 0 spiro atoms. The number of aromatic amines is 1. The third-order valence-corrected chi connectivity index (χ3v) is 6.22. The van der Waals surface area contributed by atoms with E-state index in [2.05, 4.69) is 22.1 Å². The van der Waals surface area contributed by atoms with Crippen molar-refractivity contribution in [3.05, 3.63) is 89.1 Å². The topological polar surface area (TPSA) is 83.6 Å². The van der Waals surface area contributed by atoms with Crippen LogP contribution in [0.2, 0.25) is 0 Å². The minimum Gasteiger partial charge on any atom is -0.496 e. The molecule has 176 valence electrons. The number of hydrogen-bond donors (Lipinski definition) is 3. The summed E-state index contributed by atoms with van der Waals surface area (Å²) in [6.07, 6.45) is 2.75. The molecule has 6 nitrogen and oxygen atoms in total. The van der Waals surface area contributed by atoms with Crippen LogP contribution in [0.3, 0.4) is 0 Å². The fraction of sp³-hybridized carbons (Fsp3) is 0.207. The van der Waals surface area contributed by atoms with Gasteiger partial charge in [0.05, 0.1) is 25.4 Å². The Hall–Kier alpha value is -4.05. The second-order valence-corrected chi connectivity index (χ2v) is 8.49. The largest absolute Gasteiger partial charge is 0.496 e. The number of fused-ring (bicyclic) bond motifs is 1. The van der Waals surface area contributed by atoms with E-state index < -0.39 is 5.97 Å². The Morgan fingerprint density at radius 2 is 2.06 bits per heavy atom. The lowest BCUT2D eigenvalue weighted by molar-refractivity contribution is 0.0289. The van der Waals surface area contributed by atoms with Gasteiger partial charge in [-0.25, -0.2) is 4.79 Å². The second kappa shape index (κ2) is 10.1. The molecule has 1 fully saturated rings. The lowest BCUT2D eigenvalue weighted by atomic mass is 9.93. The molecule has 0 bridgehead atoms. The maximum atomic E-state index is 12.0. The Bertz CT molecular complexity index is 1440. The molecule has 0 aliphatic carbocycles. The highest BCUT2D eigenvalue weighted by molar-refractivity contribution is 5.99. The van der Waals surface area contributed by atoms with Gasteiger partial charge >= 0.3 is 5.97 Å². The highest BCUT2D eigenvalue weighted by Crippen LogP contribution is 2.30. The zero-order valence-electron chi connectivity index (χ0n) is 19.4. The molecule has 1 atom stereocenters. The van der Waals surface area contributed by atoms with Gasteiger partial charge in [-0.1, -0.05) is 36.1 Å². The number of ether oxygens (including phenoxy) is 2. The third-order valence-electron chi connectivity index (χ3n) is 6.22. The summed E-state index contributed by atoms with van der Waals surface area (Å²) in [6, 6.07) is 19.0. The van der Waals surface area contributed by atoms with Gasteiger partial charge in [0.1, 0.15) is 5.75 Å². The van der Waals surface area contributed by atoms with Crippen LogP contribution in [0.15, 0.2) is 66.9 Å². The van der Waals surface area contributed by atoms with Crippen molar-refractivity contribution >= 4 is 16.9 Å². The Morgan fingerprint density at radius 1 is 1.14 bits per heavy atom. The minimum atomic E-state index is -0.985. The fourth-order valence-corrected chi connectivity index (χ4v) is 4.48. The summed E-state index contributed by atoms with van der Waals surface area (Å²) in [4.78, 5) is 15.2. The van der Waals surface area contributed by atoms with Crippen LogP contribution < -0.4 is 10.1 Å². The normalized spacial score (nSPS) is 15.4. The van der Waals surface area contributed by atoms with Crippen molar-refractivity contribution in [2.24, 2.45) is 0 Å². The number of hydrogen-bond acceptors (Lipinski definition) is 4. The minimum absolute atomic E-state index is 0.118. The maximum absolute atomic E-state index is 12.0. The van der Waals surface area contributed by atoms with E-state index in [0.29, 0.717) is 17.7 Å². The van der Waals surface area contributed by atoms with Crippen molar-refractivity contribution in [1.82, 2.24) is 10.3 Å². The van der Waals surface area contributed by atoms with E-state index in [4.69, 9.17) is 9.47 Å². The number of carboxylic acids is 1. The summed E-state index contributed by atoms with van der Waals surface area (Å²) in [7, 11) is 1.65. The Labute approximate surface area is 203 Å². The predicted molar refractivity (Wildman–Crippen MR) is 136 cm³/mol. The first-order valence-corrected chi connectivity index (χ1v) is 11.6. The summed E-state index contributed by atoms with van der Waals surface area (Å²) in [5.74, 6) is 6.19. The lowest BCUT2D eigenvalue weighted by Crippen LogP contribution is -2.39. The molecule has 5 rings (SSSR count). The molecule has 3 aromatic carbocycles. The number of carboxylic acid groups (broad SMARTS) is 1. The van der Waals surface area contributed by atoms with Crippen molar-refractivity contribution in [3.63, 3.8) is 0 Å². The average Bonchev–Trinajstić information content (AvgIpc) is 3.36. The summed E-state index contributed by atoms with van der Waals surface area (Å²) in [6.45, 7) is 2.42. The third kappa shape index (κ3) is 4.92. The molecule has 1 aromatic heterocycles. The Balaban J connectivity index is 1.50. The number of methoxy groups -OCH3 is 1. The van der Waals surface area contributed by atoms with E-state index in [9.17, 15) is 9.90 Å². The Kier molecular flexibility index (Phi) is 6.53. The molecule has 6 heteroatoms. The monoisotopic (exact) mass is 466 g/mol. The summed E-state index contributed by atoms with van der Waals surface area (Å²) >= 11 is 0. The van der Waals surface area contributed by atoms with E-state index in [-0.39, 0.29) is 11.7 Å². The van der Waals surface area contributed by atoms with E-state index in [1.807, 2.05) is 54.7 Å². The molecule has 1 unspecified atom stereocenters. The molecule has 35 heavy (non-hydrogen) atoms. The van der Waals surface area contributed by atoms with Gasteiger partial charge in [-0.3, -0.25) is 0 Å². The highest BCUT2D eigenvalue weighted by Gasteiger charge is 2.17. The lowest BCUT2D eigenvalue weighted by Gasteiger charge is -2.24. The van der Waals surface area contributed by atoms with Crippen LogP contribution in [0.25, 0.3) is 22.0 Å². The van der Waals surface area contributed by atoms with Crippen molar-refractivity contribution in [1.29, 1.82) is 0 Å². The standard InChI is InChI=1S/C29H26N2O4/c1-34-27-15-19(6-8-22(27)16-24-18-30-13-14-35-24)5-7-21-3-2-4-25(29(32)33)28(21)23-10-9-20-11-12-31-26(20)17-23/h2-4,6,8-12,15,17,24,30-31H,13-14,16,18H2,1H3,(H,32,33). The van der Waals surface area contributed by atoms with Crippen LogP contribution in [0.4, 0.5) is 0 Å². The second-order valence-electron chi connectivity index (χ2n) is 8.49. The number of rotatable bonds is 5. The van der Waals surface area contributed by atoms with E-state index in [1.54, 1.807) is 19.2 Å². The van der Waals surface area contributed by atoms with Gasteiger partial charge in [-0.05, 0) is 52.9 Å². The number of nitrogens with one attached hydrogen (secondary N) is 2. The molecule has 0 radical (unpaired) electrons. The number of aromatic carboxylic acids is 1. The number of benzene rings is 3. The van der Waals surface area contributed by atoms with Crippen LogP contribution in [-0.2, 0) is 11.2 Å². The molecule has 2 heterocycles. The van der Waals surface area contributed by atoms with Crippen LogP contribution >= 0.6 is 0 Å². The summed E-state index contributed by atoms with van der Waals surface area (Å²) < 4.78 is 11.5. The van der Waals surface area contributed by atoms with Crippen molar-refractivity contribution in [2.45, 2.75) is 12.5 Å². The van der Waals surface area contributed by atoms with Gasteiger partial charge in [-0.15, -0.1) is 0 Å². The van der Waals surface area contributed by atoms with Crippen LogP contribution in [0.1, 0.15) is 27.0 Å². The molecular weight excluding hydrogens is 440 g/mol. The van der Waals surface area contributed by atoms with Crippen LogP contribution in [0.5, 0.6) is 5.75 Å². The highest BCUT2D eigenvalue weighted by atomic mass is 16.5. The summed E-state index contributed by atoms with van der Waals surface area (Å²) in [5, 5.41) is 14.3. The van der Waals surface area contributed by atoms with Gasteiger partial charge in [0.25, 0.3) is 0 Å². The maximum Gasteiger partial charge on any atom is 0.336 e. The molecule has 0 amide bonds. The molecule has 4 aromatic rings. The average molecular weight is 467 g/mol. The SMILES string of the molecule is COc1cc(C#Cc2cccc(C(=O)O)c2-c2ccc3cc[nH]c3c2)ccc1CC1CNCCO1. The molecular formula is C29H26N2O4. The van der Waals surface area contributed by atoms with Crippen molar-refractivity contribution < 1.29 is 19.4 Å². The summed E-state index contributed by atoms with van der Waals surface area (Å²) in [5.41, 5.74) is 5.08. The van der Waals surface area contributed by atoms with Crippen molar-refractivity contribution in [2.75, 3.05) is 26.8 Å². The van der Waals surface area contributed by atoms with E-state index in [1.165, 1.54) is 0 Å². The Morgan fingerprint density at radius 3 is 2.86 bits per heavy atom. The number of morpholine rings is 1. The van der Waals surface area contributed by atoms with Gasteiger partial charge < -0.3 is 24.9 Å². The molecule has 1 aliphatic rings. The van der Waals surface area contributed by atoms with Gasteiger partial charge in [0, 0.05) is 47.9 Å². The predicted octanol–water partition coefficient (Wildman–Crippen LogP) is 4.47. The first kappa shape index (κ1) is 22.7. The molecule has 1 saturated heterocycles. The number of carbonyl (C=O) groups is 1. The van der Waals surface area contributed by atoms with Crippen LogP contribution in [0, 0.1) is 11.8 Å². The first-order chi connectivity index (χ1) is 17.1. The fourth-order valence-electron chi connectivity index (χ4n) is 4.48. The van der Waals surface area contributed by atoms with Gasteiger partial charge in [0.2, 0.25) is 0 Å². The van der Waals surface area contributed by atoms with Gasteiger partial charge in [0.15, 0.2) is 0 Å². The van der Waals surface area contributed by atoms with Gasteiger partial charge in [-0.2, -0.15) is 0 Å². The number of aromatic nitrogens is 1. The van der Waals surface area contributed by atoms with E-state index >= 15 is 0 Å².